The molecular weight excluding hydrogens is 392 g/mol. The van der Waals surface area contributed by atoms with Crippen molar-refractivity contribution in [3.8, 4) is 5.75 Å². The Morgan fingerprint density at radius 2 is 1.83 bits per heavy atom. The minimum atomic E-state index is -3.72. The molecule has 0 spiro atoms. The summed E-state index contributed by atoms with van der Waals surface area (Å²) in [5.41, 5.74) is 2.03. The average molecular weight is 419 g/mol. The van der Waals surface area contributed by atoms with Crippen LogP contribution in [0.3, 0.4) is 0 Å². The molecule has 1 fully saturated rings. The summed E-state index contributed by atoms with van der Waals surface area (Å²) in [6.45, 7) is 6.56. The lowest BCUT2D eigenvalue weighted by molar-refractivity contribution is -0.134. The molecule has 29 heavy (non-hydrogen) atoms. The number of nitrogens with zero attached hydrogens (tertiary/aromatic N) is 1. The third kappa shape index (κ3) is 5.48. The van der Waals surface area contributed by atoms with Crippen LogP contribution in [-0.2, 0) is 26.0 Å². The summed E-state index contributed by atoms with van der Waals surface area (Å²) in [6.07, 6.45) is 0.283. The highest BCUT2D eigenvalue weighted by atomic mass is 32.2. The smallest absolute Gasteiger partial charge is 0.261 e. The van der Waals surface area contributed by atoms with Crippen LogP contribution < -0.4 is 9.46 Å². The largest absolute Gasteiger partial charge is 0.494 e. The monoisotopic (exact) mass is 418 g/mol. The van der Waals surface area contributed by atoms with Gasteiger partial charge in [-0.05, 0) is 55.3 Å². The fraction of sp³-hybridized carbons (Fsp3) is 0.381. The zero-order valence-electron chi connectivity index (χ0n) is 16.7. The van der Waals surface area contributed by atoms with Gasteiger partial charge < -0.3 is 14.4 Å². The number of carbonyl (C=O) groups excluding carboxylic acids is 1. The first-order valence-electron chi connectivity index (χ1n) is 9.60. The Bertz CT molecular complexity index is 952. The zero-order chi connectivity index (χ0) is 20.9. The number of hydrogen-bond acceptors (Lipinski definition) is 5. The van der Waals surface area contributed by atoms with Gasteiger partial charge in [-0.1, -0.05) is 12.1 Å². The standard InChI is InChI=1S/C21H26N2O5S/c1-3-28-20-9-8-19(14-16(20)2)29(25,26)22-18-6-4-17(5-7-18)15-21(24)23-10-12-27-13-11-23/h4-9,14,22H,3,10-13,15H2,1-2H3. The molecule has 0 bridgehead atoms. The van der Waals surface area contributed by atoms with Gasteiger partial charge in [0.1, 0.15) is 5.75 Å². The van der Waals surface area contributed by atoms with E-state index >= 15 is 0 Å². The van der Waals surface area contributed by atoms with E-state index in [1.807, 2.05) is 13.8 Å². The molecule has 1 aliphatic rings. The Morgan fingerprint density at radius 3 is 2.45 bits per heavy atom. The number of carbonyl (C=O) groups is 1. The van der Waals surface area contributed by atoms with Crippen molar-refractivity contribution in [3.63, 3.8) is 0 Å². The van der Waals surface area contributed by atoms with Crippen molar-refractivity contribution < 1.29 is 22.7 Å². The van der Waals surface area contributed by atoms with Gasteiger partial charge in [-0.25, -0.2) is 8.42 Å². The molecule has 1 amide bonds. The SMILES string of the molecule is CCOc1ccc(S(=O)(=O)Nc2ccc(CC(=O)N3CCOCC3)cc2)cc1C. The molecule has 1 N–H and O–H groups in total. The highest BCUT2D eigenvalue weighted by molar-refractivity contribution is 7.92. The van der Waals surface area contributed by atoms with Gasteiger partial charge in [0, 0.05) is 18.8 Å². The van der Waals surface area contributed by atoms with E-state index in [9.17, 15) is 13.2 Å². The molecule has 0 aromatic heterocycles. The van der Waals surface area contributed by atoms with E-state index in [0.717, 1.165) is 11.1 Å². The van der Waals surface area contributed by atoms with Crippen LogP contribution in [0.25, 0.3) is 0 Å². The molecule has 7 nitrogen and oxygen atoms in total. The number of amides is 1. The van der Waals surface area contributed by atoms with E-state index in [0.29, 0.717) is 44.3 Å². The lowest BCUT2D eigenvalue weighted by atomic mass is 10.1. The van der Waals surface area contributed by atoms with Crippen LogP contribution in [0.2, 0.25) is 0 Å². The predicted molar refractivity (Wildman–Crippen MR) is 111 cm³/mol. The van der Waals surface area contributed by atoms with Crippen molar-refractivity contribution in [2.75, 3.05) is 37.6 Å². The van der Waals surface area contributed by atoms with Gasteiger partial charge in [0.15, 0.2) is 0 Å². The summed E-state index contributed by atoms with van der Waals surface area (Å²) in [5, 5.41) is 0. The number of nitrogens with one attached hydrogen (secondary N) is 1. The van der Waals surface area contributed by atoms with Gasteiger partial charge in [-0.15, -0.1) is 0 Å². The van der Waals surface area contributed by atoms with Crippen LogP contribution in [0.5, 0.6) is 5.75 Å². The number of morpholine rings is 1. The second-order valence-corrected chi connectivity index (χ2v) is 8.52. The topological polar surface area (TPSA) is 84.9 Å². The van der Waals surface area contributed by atoms with Gasteiger partial charge in [-0.3, -0.25) is 9.52 Å². The zero-order valence-corrected chi connectivity index (χ0v) is 17.5. The summed E-state index contributed by atoms with van der Waals surface area (Å²) in [6, 6.07) is 11.6. The van der Waals surface area contributed by atoms with Crippen LogP contribution in [0.1, 0.15) is 18.1 Å². The predicted octanol–water partition coefficient (Wildman–Crippen LogP) is 2.60. The molecule has 0 radical (unpaired) electrons. The summed E-state index contributed by atoms with van der Waals surface area (Å²) in [7, 11) is -3.72. The van der Waals surface area contributed by atoms with Crippen molar-refractivity contribution in [2.45, 2.75) is 25.2 Å². The second-order valence-electron chi connectivity index (χ2n) is 6.83. The molecule has 0 aliphatic carbocycles. The first-order valence-corrected chi connectivity index (χ1v) is 11.1. The van der Waals surface area contributed by atoms with E-state index in [-0.39, 0.29) is 17.2 Å². The van der Waals surface area contributed by atoms with Crippen molar-refractivity contribution >= 4 is 21.6 Å². The first kappa shape index (κ1) is 21.1. The van der Waals surface area contributed by atoms with Crippen molar-refractivity contribution in [1.82, 2.24) is 4.90 Å². The van der Waals surface area contributed by atoms with Crippen LogP contribution in [-0.4, -0.2) is 52.1 Å². The number of anilines is 1. The van der Waals surface area contributed by atoms with E-state index in [1.54, 1.807) is 41.3 Å². The number of rotatable bonds is 7. The van der Waals surface area contributed by atoms with Gasteiger partial charge in [-0.2, -0.15) is 0 Å². The molecule has 1 heterocycles. The molecule has 0 saturated carbocycles. The highest BCUT2D eigenvalue weighted by Gasteiger charge is 2.18. The lowest BCUT2D eigenvalue weighted by Gasteiger charge is -2.26. The Hall–Kier alpha value is -2.58. The fourth-order valence-electron chi connectivity index (χ4n) is 3.11. The van der Waals surface area contributed by atoms with E-state index < -0.39 is 10.0 Å². The molecule has 8 heteroatoms. The molecule has 2 aromatic rings. The second kappa shape index (κ2) is 9.28. The number of sulfonamides is 1. The van der Waals surface area contributed by atoms with E-state index in [1.165, 1.54) is 6.07 Å². The van der Waals surface area contributed by atoms with Crippen LogP contribution in [0.15, 0.2) is 47.4 Å². The number of hydrogen-bond donors (Lipinski definition) is 1. The third-order valence-electron chi connectivity index (χ3n) is 4.68. The summed E-state index contributed by atoms with van der Waals surface area (Å²) < 4.78 is 38.6. The van der Waals surface area contributed by atoms with Gasteiger partial charge in [0.25, 0.3) is 10.0 Å². The summed E-state index contributed by atoms with van der Waals surface area (Å²) >= 11 is 0. The van der Waals surface area contributed by atoms with Crippen molar-refractivity contribution in [1.29, 1.82) is 0 Å². The van der Waals surface area contributed by atoms with E-state index in [4.69, 9.17) is 9.47 Å². The van der Waals surface area contributed by atoms with Gasteiger partial charge in [0.2, 0.25) is 5.91 Å². The number of ether oxygens (including phenoxy) is 2. The minimum Gasteiger partial charge on any atom is -0.494 e. The summed E-state index contributed by atoms with van der Waals surface area (Å²) in [5.74, 6) is 0.715. The lowest BCUT2D eigenvalue weighted by Crippen LogP contribution is -2.41. The Morgan fingerprint density at radius 1 is 1.14 bits per heavy atom. The number of aryl methyl sites for hydroxylation is 1. The molecule has 1 aliphatic heterocycles. The highest BCUT2D eigenvalue weighted by Crippen LogP contribution is 2.24. The average Bonchev–Trinajstić information content (AvgIpc) is 2.71. The Kier molecular flexibility index (Phi) is 6.76. The molecule has 0 atom stereocenters. The van der Waals surface area contributed by atoms with Crippen molar-refractivity contribution in [3.05, 3.63) is 53.6 Å². The van der Waals surface area contributed by atoms with E-state index in [2.05, 4.69) is 4.72 Å². The third-order valence-corrected chi connectivity index (χ3v) is 6.06. The molecule has 0 unspecified atom stereocenters. The van der Waals surface area contributed by atoms with Crippen LogP contribution >= 0.6 is 0 Å². The summed E-state index contributed by atoms with van der Waals surface area (Å²) in [4.78, 5) is 14.3. The fourth-order valence-corrected chi connectivity index (χ4v) is 4.25. The normalized spacial score (nSPS) is 14.5. The molecular formula is C21H26N2O5S. The first-order chi connectivity index (χ1) is 13.9. The maximum absolute atomic E-state index is 12.7. The molecule has 2 aromatic carbocycles. The molecule has 1 saturated heterocycles. The van der Waals surface area contributed by atoms with Crippen molar-refractivity contribution in [2.24, 2.45) is 0 Å². The maximum atomic E-state index is 12.7. The quantitative estimate of drug-likeness (QED) is 0.747. The van der Waals surface area contributed by atoms with Crippen LogP contribution in [0, 0.1) is 6.92 Å². The number of benzene rings is 2. The molecule has 156 valence electrons. The minimum absolute atomic E-state index is 0.0477. The Labute approximate surface area is 171 Å². The van der Waals surface area contributed by atoms with Gasteiger partial charge >= 0.3 is 0 Å². The Balaban J connectivity index is 1.65. The molecule has 3 rings (SSSR count). The van der Waals surface area contributed by atoms with Gasteiger partial charge in [0.05, 0.1) is 31.1 Å². The van der Waals surface area contributed by atoms with Crippen LogP contribution in [0.4, 0.5) is 5.69 Å². The maximum Gasteiger partial charge on any atom is 0.261 e.